The number of hydrogen-bond donors (Lipinski definition) is 2. The third-order valence-electron chi connectivity index (χ3n) is 7.89. The highest BCUT2D eigenvalue weighted by atomic mass is 16.5. The molecule has 1 aromatic carbocycles. The first-order valence-corrected chi connectivity index (χ1v) is 13.5. The van der Waals surface area contributed by atoms with Crippen molar-refractivity contribution in [2.75, 3.05) is 53.0 Å². The molecule has 2 amide bonds. The molecule has 4 rings (SSSR count). The number of aryl methyl sites for hydroxylation is 1. The molecule has 3 atom stereocenters. The number of aromatic nitrogens is 1. The smallest absolute Gasteiger partial charge is 0.268 e. The van der Waals surface area contributed by atoms with Crippen molar-refractivity contribution in [3.8, 4) is 6.07 Å². The van der Waals surface area contributed by atoms with Crippen LogP contribution in [-0.2, 0) is 16.6 Å². The van der Waals surface area contributed by atoms with Gasteiger partial charge in [-0.25, -0.2) is 0 Å². The molecule has 1 saturated carbocycles. The molecule has 0 spiro atoms. The molecule has 9 nitrogen and oxygen atoms in total. The van der Waals surface area contributed by atoms with Gasteiger partial charge in [0.15, 0.2) is 0 Å². The first kappa shape index (κ1) is 27.1. The van der Waals surface area contributed by atoms with Gasteiger partial charge in [-0.3, -0.25) is 14.5 Å². The van der Waals surface area contributed by atoms with E-state index in [4.69, 9.17) is 4.74 Å². The van der Waals surface area contributed by atoms with Gasteiger partial charge < -0.3 is 24.8 Å². The van der Waals surface area contributed by atoms with E-state index in [2.05, 4.69) is 26.5 Å². The van der Waals surface area contributed by atoms with Crippen molar-refractivity contribution in [1.29, 1.82) is 5.26 Å². The summed E-state index contributed by atoms with van der Waals surface area (Å²) in [4.78, 5) is 31.2. The minimum Gasteiger partial charge on any atom is -0.383 e. The van der Waals surface area contributed by atoms with Crippen LogP contribution in [0.4, 0.5) is 0 Å². The van der Waals surface area contributed by atoms with Crippen LogP contribution in [0.25, 0.3) is 10.9 Å². The Morgan fingerprint density at radius 1 is 1.11 bits per heavy atom. The second-order valence-corrected chi connectivity index (χ2v) is 10.3. The Kier molecular flexibility index (Phi) is 9.56. The summed E-state index contributed by atoms with van der Waals surface area (Å²) >= 11 is 0. The van der Waals surface area contributed by atoms with Crippen LogP contribution in [-0.4, -0.2) is 91.3 Å². The van der Waals surface area contributed by atoms with Crippen molar-refractivity contribution in [3.05, 3.63) is 36.0 Å². The summed E-state index contributed by atoms with van der Waals surface area (Å²) in [6.45, 7) is 6.37. The standard InChI is InChI=1S/C28H40N6O3/c1-32-25-10-6-3-7-21(25)19-26(32)28(36)31-24-9-5-4-8-23(24)27(35)30-22(20-29)11-12-33-13-15-34(16-14-33)17-18-37-2/h3,6-7,10,19,22-24H,4-5,8-9,11-18H2,1-2H3,(H,30,35)(H,31,36)/t22-,23+,24-/m0/s1. The second kappa shape index (κ2) is 13.0. The fraction of sp³-hybridized carbons (Fsp3) is 0.607. The predicted molar refractivity (Wildman–Crippen MR) is 143 cm³/mol. The van der Waals surface area contributed by atoms with Gasteiger partial charge in [-0.05, 0) is 31.4 Å². The minimum atomic E-state index is -0.532. The molecule has 0 bridgehead atoms. The number of benzene rings is 1. The average Bonchev–Trinajstić information content (AvgIpc) is 3.27. The Labute approximate surface area is 219 Å². The largest absolute Gasteiger partial charge is 0.383 e. The zero-order valence-electron chi connectivity index (χ0n) is 22.1. The van der Waals surface area contributed by atoms with Gasteiger partial charge in [0.05, 0.1) is 18.6 Å². The first-order valence-electron chi connectivity index (χ1n) is 13.5. The molecule has 0 unspecified atom stereocenters. The van der Waals surface area contributed by atoms with E-state index >= 15 is 0 Å². The highest BCUT2D eigenvalue weighted by Gasteiger charge is 2.33. The van der Waals surface area contributed by atoms with Crippen molar-refractivity contribution in [1.82, 2.24) is 25.0 Å². The molecule has 200 valence electrons. The van der Waals surface area contributed by atoms with E-state index in [-0.39, 0.29) is 23.8 Å². The number of hydrogen-bond acceptors (Lipinski definition) is 6. The Morgan fingerprint density at radius 3 is 2.51 bits per heavy atom. The lowest BCUT2D eigenvalue weighted by Crippen LogP contribution is -2.51. The fourth-order valence-electron chi connectivity index (χ4n) is 5.58. The molecule has 1 aromatic heterocycles. The molecule has 2 N–H and O–H groups in total. The van der Waals surface area contributed by atoms with Crippen LogP contribution in [0, 0.1) is 17.2 Å². The Hall–Kier alpha value is -2.93. The molecule has 1 aliphatic carbocycles. The molecular formula is C28H40N6O3. The van der Waals surface area contributed by atoms with E-state index in [1.54, 1.807) is 7.11 Å². The van der Waals surface area contributed by atoms with Gasteiger partial charge >= 0.3 is 0 Å². The number of piperazine rings is 1. The van der Waals surface area contributed by atoms with E-state index in [9.17, 15) is 14.9 Å². The summed E-state index contributed by atoms with van der Waals surface area (Å²) in [6.07, 6.45) is 4.00. The van der Waals surface area contributed by atoms with Gasteiger partial charge in [-0.15, -0.1) is 0 Å². The Bertz CT molecular complexity index is 1100. The lowest BCUT2D eigenvalue weighted by Gasteiger charge is -2.35. The van der Waals surface area contributed by atoms with Gasteiger partial charge in [0, 0.05) is 70.4 Å². The van der Waals surface area contributed by atoms with Gasteiger partial charge in [-0.2, -0.15) is 5.26 Å². The highest BCUT2D eigenvalue weighted by molar-refractivity contribution is 5.99. The van der Waals surface area contributed by atoms with Gasteiger partial charge in [0.1, 0.15) is 11.7 Å². The molecule has 0 radical (unpaired) electrons. The van der Waals surface area contributed by atoms with E-state index in [1.165, 1.54) is 0 Å². The third-order valence-corrected chi connectivity index (χ3v) is 7.89. The van der Waals surface area contributed by atoms with Crippen molar-refractivity contribution in [3.63, 3.8) is 0 Å². The van der Waals surface area contributed by atoms with Gasteiger partial charge in [-0.1, -0.05) is 31.0 Å². The lowest BCUT2D eigenvalue weighted by molar-refractivity contribution is -0.127. The zero-order chi connectivity index (χ0) is 26.2. The summed E-state index contributed by atoms with van der Waals surface area (Å²) in [5, 5.41) is 16.9. The maximum Gasteiger partial charge on any atom is 0.268 e. The number of carbonyl (C=O) groups excluding carboxylic acids is 2. The number of nitrogens with zero attached hydrogens (tertiary/aromatic N) is 4. The molecule has 1 aliphatic heterocycles. The molecule has 37 heavy (non-hydrogen) atoms. The van der Waals surface area contributed by atoms with Crippen LogP contribution in [0.15, 0.2) is 30.3 Å². The van der Waals surface area contributed by atoms with Crippen LogP contribution in [0.5, 0.6) is 0 Å². The monoisotopic (exact) mass is 508 g/mol. The molecule has 2 heterocycles. The number of carbonyl (C=O) groups is 2. The average molecular weight is 509 g/mol. The first-order chi connectivity index (χ1) is 18.0. The number of nitrogens with one attached hydrogen (secondary N) is 2. The quantitative estimate of drug-likeness (QED) is 0.510. The maximum absolute atomic E-state index is 13.2. The Balaban J connectivity index is 1.29. The van der Waals surface area contributed by atoms with Crippen molar-refractivity contribution >= 4 is 22.7 Å². The van der Waals surface area contributed by atoms with E-state index < -0.39 is 6.04 Å². The lowest BCUT2D eigenvalue weighted by atomic mass is 9.83. The van der Waals surface area contributed by atoms with Crippen molar-refractivity contribution in [2.24, 2.45) is 13.0 Å². The van der Waals surface area contributed by atoms with E-state index in [1.807, 2.05) is 41.9 Å². The zero-order valence-corrected chi connectivity index (χ0v) is 22.1. The summed E-state index contributed by atoms with van der Waals surface area (Å²) in [6, 6.07) is 11.3. The minimum absolute atomic E-state index is 0.127. The third kappa shape index (κ3) is 6.89. The highest BCUT2D eigenvalue weighted by Crippen LogP contribution is 2.26. The molecule has 2 aliphatic rings. The number of ether oxygens (including phenoxy) is 1. The number of fused-ring (bicyclic) bond motifs is 1. The number of nitriles is 1. The van der Waals surface area contributed by atoms with Crippen LogP contribution >= 0.6 is 0 Å². The van der Waals surface area contributed by atoms with Crippen LogP contribution in [0.3, 0.4) is 0 Å². The number of para-hydroxylation sites is 1. The summed E-state index contributed by atoms with van der Waals surface area (Å²) in [5.41, 5.74) is 1.59. The molecule has 9 heteroatoms. The topological polar surface area (TPSA) is 103 Å². The van der Waals surface area contributed by atoms with Crippen LogP contribution < -0.4 is 10.6 Å². The predicted octanol–water partition coefficient (Wildman–Crippen LogP) is 2.13. The van der Waals surface area contributed by atoms with E-state index in [0.29, 0.717) is 18.5 Å². The maximum atomic E-state index is 13.2. The van der Waals surface area contributed by atoms with Crippen molar-refractivity contribution in [2.45, 2.75) is 44.2 Å². The van der Waals surface area contributed by atoms with Crippen LogP contribution in [0.1, 0.15) is 42.6 Å². The molecule has 1 saturated heterocycles. The summed E-state index contributed by atoms with van der Waals surface area (Å²) in [7, 11) is 3.61. The van der Waals surface area contributed by atoms with Gasteiger partial charge in [0.2, 0.25) is 5.91 Å². The summed E-state index contributed by atoms with van der Waals surface area (Å²) in [5.74, 6) is -0.615. The Morgan fingerprint density at radius 2 is 1.81 bits per heavy atom. The molecular weight excluding hydrogens is 468 g/mol. The second-order valence-electron chi connectivity index (χ2n) is 10.3. The number of methoxy groups -OCH3 is 1. The van der Waals surface area contributed by atoms with Gasteiger partial charge in [0.25, 0.3) is 5.91 Å². The molecule has 2 aromatic rings. The number of amides is 2. The normalized spacial score (nSPS) is 21.9. The van der Waals surface area contributed by atoms with Crippen LogP contribution in [0.2, 0.25) is 0 Å². The molecule has 2 fully saturated rings. The fourth-order valence-corrected chi connectivity index (χ4v) is 5.58. The number of rotatable bonds is 10. The SMILES string of the molecule is COCCN1CCN(CC[C@@H](C#N)NC(=O)[C@@H]2CCCC[C@@H]2NC(=O)c2cc3ccccc3n2C)CC1. The summed E-state index contributed by atoms with van der Waals surface area (Å²) < 4.78 is 7.06. The van der Waals surface area contributed by atoms with Crippen molar-refractivity contribution < 1.29 is 14.3 Å². The van der Waals surface area contributed by atoms with E-state index in [0.717, 1.165) is 76.0 Å².